The van der Waals surface area contributed by atoms with Gasteiger partial charge < -0.3 is 15.5 Å². The van der Waals surface area contributed by atoms with Gasteiger partial charge in [-0.25, -0.2) is 15.8 Å². The van der Waals surface area contributed by atoms with Gasteiger partial charge in [0.15, 0.2) is 11.6 Å². The fourth-order valence-corrected chi connectivity index (χ4v) is 3.26. The number of nitrogen functional groups attached to an aromatic ring is 1. The first-order valence-electron chi connectivity index (χ1n) is 5.95. The largest absolute Gasteiger partial charge is 0.490 e. The highest BCUT2D eigenvalue weighted by Crippen LogP contribution is 2.34. The van der Waals surface area contributed by atoms with Crippen molar-refractivity contribution in [1.82, 2.24) is 9.97 Å². The summed E-state index contributed by atoms with van der Waals surface area (Å²) >= 11 is 1.90. The molecular formula is C11H19N5OS. The Kier molecular flexibility index (Phi) is 4.48. The van der Waals surface area contributed by atoms with Crippen molar-refractivity contribution in [3.63, 3.8) is 0 Å². The zero-order valence-corrected chi connectivity index (χ0v) is 11.5. The van der Waals surface area contributed by atoms with E-state index in [-0.39, 0.29) is 0 Å². The first-order chi connectivity index (χ1) is 8.80. The average Bonchev–Trinajstić information content (AvgIpc) is 2.85. The summed E-state index contributed by atoms with van der Waals surface area (Å²) < 4.78 is 5.31. The van der Waals surface area contributed by atoms with Gasteiger partial charge in [0.2, 0.25) is 5.75 Å². The van der Waals surface area contributed by atoms with Crippen LogP contribution >= 0.6 is 11.8 Å². The first-order valence-corrected chi connectivity index (χ1v) is 7.24. The van der Waals surface area contributed by atoms with Gasteiger partial charge in [0.1, 0.15) is 6.33 Å². The van der Waals surface area contributed by atoms with Crippen LogP contribution in [0.5, 0.6) is 5.75 Å². The standard InChI is InChI=1S/C11H19N5OS/c1-17-9-10(13-6-14-11(9)16-12)15-7-4-3-5-8(7)18-2/h6-8H,3-5,12H2,1-2H3,(H2,13,14,15,16). The Morgan fingerprint density at radius 1 is 1.39 bits per heavy atom. The van der Waals surface area contributed by atoms with Crippen molar-refractivity contribution in [2.24, 2.45) is 5.84 Å². The van der Waals surface area contributed by atoms with Crippen molar-refractivity contribution in [3.8, 4) is 5.75 Å². The molecule has 6 nitrogen and oxygen atoms in total. The molecule has 1 heterocycles. The van der Waals surface area contributed by atoms with Crippen LogP contribution in [0.3, 0.4) is 0 Å². The number of hydrogen-bond acceptors (Lipinski definition) is 7. The Morgan fingerprint density at radius 3 is 2.83 bits per heavy atom. The van der Waals surface area contributed by atoms with Gasteiger partial charge in [0, 0.05) is 11.3 Å². The smallest absolute Gasteiger partial charge is 0.205 e. The summed E-state index contributed by atoms with van der Waals surface area (Å²) in [6.07, 6.45) is 7.27. The number of nitrogens with zero attached hydrogens (tertiary/aromatic N) is 2. The average molecular weight is 269 g/mol. The lowest BCUT2D eigenvalue weighted by atomic mass is 10.2. The topological polar surface area (TPSA) is 85.1 Å². The lowest BCUT2D eigenvalue weighted by Crippen LogP contribution is -2.26. The van der Waals surface area contributed by atoms with E-state index in [2.05, 4.69) is 27.0 Å². The van der Waals surface area contributed by atoms with Gasteiger partial charge in [-0.05, 0) is 19.1 Å². The number of ether oxygens (including phenoxy) is 1. The number of anilines is 2. The number of nitrogens with one attached hydrogen (secondary N) is 2. The van der Waals surface area contributed by atoms with E-state index in [1.807, 2.05) is 11.8 Å². The SMILES string of the molecule is COc1c(NN)ncnc1NC1CCCC1SC. The van der Waals surface area contributed by atoms with Crippen molar-refractivity contribution in [2.45, 2.75) is 30.6 Å². The number of thioether (sulfide) groups is 1. The maximum Gasteiger partial charge on any atom is 0.205 e. The van der Waals surface area contributed by atoms with E-state index >= 15 is 0 Å². The van der Waals surface area contributed by atoms with Crippen LogP contribution in [0.2, 0.25) is 0 Å². The molecule has 1 aliphatic carbocycles. The molecule has 0 aromatic carbocycles. The minimum atomic E-state index is 0.425. The van der Waals surface area contributed by atoms with Gasteiger partial charge in [0.05, 0.1) is 7.11 Å². The van der Waals surface area contributed by atoms with Crippen LogP contribution in [0.1, 0.15) is 19.3 Å². The lowest BCUT2D eigenvalue weighted by molar-refractivity contribution is 0.414. The molecule has 1 fully saturated rings. The number of methoxy groups -OCH3 is 1. The van der Waals surface area contributed by atoms with Crippen LogP contribution in [0.4, 0.5) is 11.6 Å². The van der Waals surface area contributed by atoms with Crippen LogP contribution < -0.4 is 21.3 Å². The van der Waals surface area contributed by atoms with E-state index in [0.717, 1.165) is 6.42 Å². The number of nitrogens with two attached hydrogens (primary N) is 1. The van der Waals surface area contributed by atoms with Gasteiger partial charge in [-0.15, -0.1) is 0 Å². The zero-order valence-electron chi connectivity index (χ0n) is 10.6. The van der Waals surface area contributed by atoms with E-state index < -0.39 is 0 Å². The molecule has 2 rings (SSSR count). The van der Waals surface area contributed by atoms with Crippen molar-refractivity contribution in [3.05, 3.63) is 6.33 Å². The number of rotatable bonds is 5. The minimum absolute atomic E-state index is 0.425. The molecule has 0 aliphatic heterocycles. The van der Waals surface area contributed by atoms with Crippen molar-refractivity contribution in [1.29, 1.82) is 0 Å². The number of hydrazine groups is 1. The van der Waals surface area contributed by atoms with Crippen molar-refractivity contribution in [2.75, 3.05) is 24.1 Å². The van der Waals surface area contributed by atoms with Crippen LogP contribution in [0.25, 0.3) is 0 Å². The predicted octanol–water partition coefficient (Wildman–Crippen LogP) is 1.47. The molecule has 0 saturated heterocycles. The Balaban J connectivity index is 2.18. The van der Waals surface area contributed by atoms with Crippen molar-refractivity contribution < 1.29 is 4.74 Å². The molecule has 1 saturated carbocycles. The fourth-order valence-electron chi connectivity index (χ4n) is 2.32. The fraction of sp³-hybridized carbons (Fsp3) is 0.636. The molecule has 1 aliphatic rings. The molecule has 0 radical (unpaired) electrons. The van der Waals surface area contributed by atoms with Crippen LogP contribution in [-0.2, 0) is 0 Å². The number of hydrogen-bond donors (Lipinski definition) is 3. The maximum absolute atomic E-state index is 5.40. The third-order valence-corrected chi connectivity index (χ3v) is 4.39. The summed E-state index contributed by atoms with van der Waals surface area (Å²) in [6, 6.07) is 0.425. The summed E-state index contributed by atoms with van der Waals surface area (Å²) in [5.41, 5.74) is 2.52. The molecule has 0 bridgehead atoms. The second kappa shape index (κ2) is 6.10. The van der Waals surface area contributed by atoms with Crippen LogP contribution in [0, 0.1) is 0 Å². The highest BCUT2D eigenvalue weighted by atomic mass is 32.2. The summed E-state index contributed by atoms with van der Waals surface area (Å²) in [4.78, 5) is 8.26. The summed E-state index contributed by atoms with van der Waals surface area (Å²) in [5, 5.41) is 4.07. The molecule has 1 aromatic heterocycles. The van der Waals surface area contributed by atoms with Crippen molar-refractivity contribution >= 4 is 23.4 Å². The molecule has 4 N–H and O–H groups in total. The van der Waals surface area contributed by atoms with E-state index in [1.165, 1.54) is 19.2 Å². The molecule has 100 valence electrons. The molecule has 1 aromatic rings. The first kappa shape index (κ1) is 13.2. The normalized spacial score (nSPS) is 22.8. The second-order valence-corrected chi connectivity index (χ2v) is 5.28. The lowest BCUT2D eigenvalue weighted by Gasteiger charge is -2.21. The van der Waals surface area contributed by atoms with E-state index in [1.54, 1.807) is 7.11 Å². The number of aromatic nitrogens is 2. The zero-order chi connectivity index (χ0) is 13.0. The monoisotopic (exact) mass is 269 g/mol. The van der Waals surface area contributed by atoms with Gasteiger partial charge >= 0.3 is 0 Å². The van der Waals surface area contributed by atoms with E-state index in [4.69, 9.17) is 10.6 Å². The van der Waals surface area contributed by atoms with Gasteiger partial charge in [-0.1, -0.05) is 6.42 Å². The van der Waals surface area contributed by atoms with E-state index in [0.29, 0.717) is 28.7 Å². The third-order valence-electron chi connectivity index (χ3n) is 3.22. The second-order valence-electron chi connectivity index (χ2n) is 4.20. The molecule has 2 unspecified atom stereocenters. The molecule has 2 atom stereocenters. The highest BCUT2D eigenvalue weighted by molar-refractivity contribution is 7.99. The highest BCUT2D eigenvalue weighted by Gasteiger charge is 2.27. The van der Waals surface area contributed by atoms with Gasteiger partial charge in [-0.2, -0.15) is 11.8 Å². The van der Waals surface area contributed by atoms with Gasteiger partial charge in [-0.3, -0.25) is 0 Å². The Hall–Kier alpha value is -1.21. The maximum atomic E-state index is 5.40. The quantitative estimate of drug-likeness (QED) is 0.551. The summed E-state index contributed by atoms with van der Waals surface area (Å²) in [5.74, 6) is 7.16. The molecule has 0 amide bonds. The Labute approximate surface area is 111 Å². The minimum Gasteiger partial charge on any atom is -0.490 e. The Morgan fingerprint density at radius 2 is 2.17 bits per heavy atom. The van der Waals surface area contributed by atoms with Crippen LogP contribution in [-0.4, -0.2) is 34.6 Å². The molecule has 18 heavy (non-hydrogen) atoms. The third kappa shape index (κ3) is 2.62. The van der Waals surface area contributed by atoms with Crippen LogP contribution in [0.15, 0.2) is 6.33 Å². The molecular weight excluding hydrogens is 250 g/mol. The van der Waals surface area contributed by atoms with E-state index in [9.17, 15) is 0 Å². The predicted molar refractivity (Wildman–Crippen MR) is 75.0 cm³/mol. The molecule has 0 spiro atoms. The Bertz CT molecular complexity index is 403. The summed E-state index contributed by atoms with van der Waals surface area (Å²) in [7, 11) is 1.59. The van der Waals surface area contributed by atoms with Gasteiger partial charge in [0.25, 0.3) is 0 Å². The summed E-state index contributed by atoms with van der Waals surface area (Å²) in [6.45, 7) is 0. The molecule has 7 heteroatoms.